The molecule has 0 saturated heterocycles. The van der Waals surface area contributed by atoms with Crippen LogP contribution in [0.25, 0.3) is 0 Å². The van der Waals surface area contributed by atoms with Gasteiger partial charge in [-0.2, -0.15) is 0 Å². The third-order valence-electron chi connectivity index (χ3n) is 2.34. The van der Waals surface area contributed by atoms with Gasteiger partial charge in [0.1, 0.15) is 4.90 Å². The van der Waals surface area contributed by atoms with Gasteiger partial charge in [-0.05, 0) is 19.9 Å². The Kier molecular flexibility index (Phi) is 6.37. The van der Waals surface area contributed by atoms with Gasteiger partial charge in [0, 0.05) is 24.2 Å². The van der Waals surface area contributed by atoms with Crippen molar-refractivity contribution in [3.63, 3.8) is 0 Å². The van der Waals surface area contributed by atoms with Crippen LogP contribution in [-0.4, -0.2) is 25.4 Å². The molecule has 0 heterocycles. The van der Waals surface area contributed by atoms with Crippen LogP contribution in [0.2, 0.25) is 5.02 Å². The zero-order chi connectivity index (χ0) is 14.8. The van der Waals surface area contributed by atoms with Crippen molar-refractivity contribution < 1.29 is 13.3 Å². The molecule has 1 rings (SSSR count). The van der Waals surface area contributed by atoms with E-state index in [2.05, 4.69) is 4.72 Å². The summed E-state index contributed by atoms with van der Waals surface area (Å²) >= 11 is 5.78. The first-order valence-corrected chi connectivity index (χ1v) is 7.13. The second-order valence-corrected chi connectivity index (χ2v) is 6.62. The normalized spacial score (nSPS) is 11.8. The van der Waals surface area contributed by atoms with Gasteiger partial charge in [-0.3, -0.25) is 10.1 Å². The molecule has 10 heteroatoms. The summed E-state index contributed by atoms with van der Waals surface area (Å²) in [6, 6.07) is 3.16. The van der Waals surface area contributed by atoms with Gasteiger partial charge >= 0.3 is 0 Å². The second kappa shape index (κ2) is 6.68. The SMILES string of the molecule is CC(C)(CN)NS(=O)(=O)c1ccc([N+](=O)[O-])cc1Cl.Cl. The van der Waals surface area contributed by atoms with Crippen molar-refractivity contribution in [2.75, 3.05) is 6.54 Å². The van der Waals surface area contributed by atoms with Crippen LogP contribution in [0, 0.1) is 10.1 Å². The monoisotopic (exact) mass is 343 g/mol. The highest BCUT2D eigenvalue weighted by Crippen LogP contribution is 2.26. The summed E-state index contributed by atoms with van der Waals surface area (Å²) in [5.41, 5.74) is 4.32. The summed E-state index contributed by atoms with van der Waals surface area (Å²) in [7, 11) is -3.89. The van der Waals surface area contributed by atoms with E-state index in [0.29, 0.717) is 0 Å². The van der Waals surface area contributed by atoms with Crippen molar-refractivity contribution in [1.29, 1.82) is 0 Å². The van der Waals surface area contributed by atoms with Gasteiger partial charge in [0.05, 0.1) is 9.95 Å². The zero-order valence-electron chi connectivity index (χ0n) is 10.8. The average molecular weight is 344 g/mol. The molecule has 20 heavy (non-hydrogen) atoms. The van der Waals surface area contributed by atoms with Crippen molar-refractivity contribution in [2.45, 2.75) is 24.3 Å². The molecule has 0 aliphatic carbocycles. The quantitative estimate of drug-likeness (QED) is 0.623. The molecule has 0 fully saturated rings. The molecule has 0 aliphatic rings. The highest BCUT2D eigenvalue weighted by Gasteiger charge is 2.27. The van der Waals surface area contributed by atoms with Gasteiger partial charge in [0.15, 0.2) is 0 Å². The third-order valence-corrected chi connectivity index (χ3v) is 4.52. The predicted molar refractivity (Wildman–Crippen MR) is 78.8 cm³/mol. The molecule has 0 spiro atoms. The van der Waals surface area contributed by atoms with E-state index in [1.807, 2.05) is 0 Å². The van der Waals surface area contributed by atoms with Crippen LogP contribution in [0.5, 0.6) is 0 Å². The molecule has 0 amide bonds. The molecular formula is C10H15Cl2N3O4S. The molecule has 0 atom stereocenters. The minimum absolute atomic E-state index is 0. The number of nitrogens with zero attached hydrogens (tertiary/aromatic N) is 1. The van der Waals surface area contributed by atoms with E-state index in [0.717, 1.165) is 18.2 Å². The maximum Gasteiger partial charge on any atom is 0.271 e. The number of halogens is 2. The summed E-state index contributed by atoms with van der Waals surface area (Å²) in [4.78, 5) is 9.68. The van der Waals surface area contributed by atoms with E-state index in [9.17, 15) is 18.5 Å². The van der Waals surface area contributed by atoms with Gasteiger partial charge in [-0.25, -0.2) is 13.1 Å². The topological polar surface area (TPSA) is 115 Å². The smallest absolute Gasteiger partial charge is 0.271 e. The molecule has 7 nitrogen and oxygen atoms in total. The first-order chi connectivity index (χ1) is 8.59. The molecule has 1 aromatic carbocycles. The lowest BCUT2D eigenvalue weighted by molar-refractivity contribution is -0.384. The van der Waals surface area contributed by atoms with E-state index in [4.69, 9.17) is 17.3 Å². The van der Waals surface area contributed by atoms with Crippen molar-refractivity contribution in [3.05, 3.63) is 33.3 Å². The maximum absolute atomic E-state index is 12.1. The van der Waals surface area contributed by atoms with Crippen LogP contribution in [0.1, 0.15) is 13.8 Å². The van der Waals surface area contributed by atoms with E-state index < -0.39 is 20.5 Å². The largest absolute Gasteiger partial charge is 0.329 e. The number of sulfonamides is 1. The maximum atomic E-state index is 12.1. The van der Waals surface area contributed by atoms with Crippen LogP contribution in [0.3, 0.4) is 0 Å². The fraction of sp³-hybridized carbons (Fsp3) is 0.400. The van der Waals surface area contributed by atoms with Crippen molar-refractivity contribution >= 4 is 39.7 Å². The fourth-order valence-corrected chi connectivity index (χ4v) is 3.24. The Hall–Kier alpha value is -0.930. The predicted octanol–water partition coefficient (Wildman–Crippen LogP) is 1.69. The Labute approximate surface area is 128 Å². The third kappa shape index (κ3) is 4.57. The second-order valence-electron chi connectivity index (χ2n) is 4.57. The lowest BCUT2D eigenvalue weighted by Gasteiger charge is -2.24. The van der Waals surface area contributed by atoms with Crippen LogP contribution < -0.4 is 10.5 Å². The van der Waals surface area contributed by atoms with Gasteiger partial charge in [0.25, 0.3) is 5.69 Å². The number of nitrogens with one attached hydrogen (secondary N) is 1. The Morgan fingerprint density at radius 2 is 2.00 bits per heavy atom. The fourth-order valence-electron chi connectivity index (χ4n) is 1.28. The Morgan fingerprint density at radius 1 is 1.45 bits per heavy atom. The summed E-state index contributed by atoms with van der Waals surface area (Å²) in [6.45, 7) is 3.32. The van der Waals surface area contributed by atoms with Crippen molar-refractivity contribution in [2.24, 2.45) is 5.73 Å². The van der Waals surface area contributed by atoms with E-state index in [-0.39, 0.29) is 34.6 Å². The molecule has 0 bridgehead atoms. The van der Waals surface area contributed by atoms with Crippen LogP contribution in [0.4, 0.5) is 5.69 Å². The van der Waals surface area contributed by atoms with Crippen LogP contribution in [0.15, 0.2) is 23.1 Å². The highest BCUT2D eigenvalue weighted by molar-refractivity contribution is 7.89. The number of nitro groups is 1. The lowest BCUT2D eigenvalue weighted by Crippen LogP contribution is -2.48. The van der Waals surface area contributed by atoms with Crippen LogP contribution >= 0.6 is 24.0 Å². The highest BCUT2D eigenvalue weighted by atomic mass is 35.5. The molecule has 3 N–H and O–H groups in total. The molecular weight excluding hydrogens is 329 g/mol. The van der Waals surface area contributed by atoms with Crippen molar-refractivity contribution in [3.8, 4) is 0 Å². The number of hydrogen-bond acceptors (Lipinski definition) is 5. The number of rotatable bonds is 5. The lowest BCUT2D eigenvalue weighted by atomic mass is 10.1. The van der Waals surface area contributed by atoms with E-state index in [1.165, 1.54) is 0 Å². The van der Waals surface area contributed by atoms with E-state index >= 15 is 0 Å². The first-order valence-electron chi connectivity index (χ1n) is 5.27. The number of hydrogen-bond donors (Lipinski definition) is 2. The summed E-state index contributed by atoms with van der Waals surface area (Å²) < 4.78 is 26.6. The molecule has 0 saturated carbocycles. The number of nitro benzene ring substituents is 1. The molecule has 0 aliphatic heterocycles. The number of benzene rings is 1. The molecule has 1 aromatic rings. The number of nitrogens with two attached hydrogens (primary N) is 1. The summed E-state index contributed by atoms with van der Waals surface area (Å²) in [6.07, 6.45) is 0. The zero-order valence-corrected chi connectivity index (χ0v) is 13.2. The van der Waals surface area contributed by atoms with Gasteiger partial charge in [-0.15, -0.1) is 12.4 Å². The molecule has 114 valence electrons. The van der Waals surface area contributed by atoms with Gasteiger partial charge < -0.3 is 5.73 Å². The number of non-ortho nitro benzene ring substituents is 1. The Morgan fingerprint density at radius 3 is 2.40 bits per heavy atom. The Balaban J connectivity index is 0.00000361. The molecule has 0 aromatic heterocycles. The minimum atomic E-state index is -3.89. The van der Waals surface area contributed by atoms with Crippen molar-refractivity contribution in [1.82, 2.24) is 4.72 Å². The standard InChI is InChI=1S/C10H14ClN3O4S.ClH/c1-10(2,6-12)13-19(17,18)9-4-3-7(14(15)16)5-8(9)11;/h3-5,13H,6,12H2,1-2H3;1H. The first kappa shape index (κ1) is 19.1. The average Bonchev–Trinajstić information content (AvgIpc) is 2.27. The van der Waals surface area contributed by atoms with Gasteiger partial charge in [0.2, 0.25) is 10.0 Å². The summed E-state index contributed by atoms with van der Waals surface area (Å²) in [5.74, 6) is 0. The van der Waals surface area contributed by atoms with Gasteiger partial charge in [-0.1, -0.05) is 11.6 Å². The molecule has 0 radical (unpaired) electrons. The van der Waals surface area contributed by atoms with Crippen LogP contribution in [-0.2, 0) is 10.0 Å². The summed E-state index contributed by atoms with van der Waals surface area (Å²) in [5, 5.41) is 10.3. The minimum Gasteiger partial charge on any atom is -0.329 e. The Bertz CT molecular complexity index is 605. The van der Waals surface area contributed by atoms with E-state index in [1.54, 1.807) is 13.8 Å². The molecule has 0 unspecified atom stereocenters.